The average Bonchev–Trinajstić information content (AvgIpc) is 2.67. The third kappa shape index (κ3) is 4.38. The third-order valence-corrected chi connectivity index (χ3v) is 5.83. The number of hydrogen-bond donors (Lipinski definition) is 0. The summed E-state index contributed by atoms with van der Waals surface area (Å²) in [5, 5.41) is 0. The zero-order valence-electron chi connectivity index (χ0n) is 15.0. The summed E-state index contributed by atoms with van der Waals surface area (Å²) in [6.07, 6.45) is 13.8. The van der Waals surface area contributed by atoms with Crippen LogP contribution in [-0.4, -0.2) is 30.1 Å². The lowest BCUT2D eigenvalue weighted by Crippen LogP contribution is -2.44. The van der Waals surface area contributed by atoms with Crippen LogP contribution < -0.4 is 0 Å². The molecule has 0 unspecified atom stereocenters. The molecule has 0 spiro atoms. The van der Waals surface area contributed by atoms with Gasteiger partial charge in [-0.05, 0) is 43.4 Å². The molecule has 0 bridgehead atoms. The summed E-state index contributed by atoms with van der Waals surface area (Å²) in [4.78, 5) is 14.4. The van der Waals surface area contributed by atoms with Gasteiger partial charge in [-0.3, -0.25) is 4.90 Å². The molecule has 0 aromatic heterocycles. The predicted octanol–water partition coefficient (Wildman–Crippen LogP) is 4.94. The van der Waals surface area contributed by atoms with E-state index in [0.717, 1.165) is 18.6 Å². The van der Waals surface area contributed by atoms with E-state index in [1.165, 1.54) is 76.9 Å². The summed E-state index contributed by atoms with van der Waals surface area (Å²) < 4.78 is 4.80. The lowest BCUT2D eigenvalue weighted by atomic mass is 9.88. The minimum Gasteiger partial charge on any atom is -0.465 e. The van der Waals surface area contributed by atoms with E-state index in [-0.39, 0.29) is 5.97 Å². The smallest absolute Gasteiger partial charge is 0.337 e. The number of esters is 1. The van der Waals surface area contributed by atoms with E-state index in [4.69, 9.17) is 4.74 Å². The first-order chi connectivity index (χ1) is 11.8. The summed E-state index contributed by atoms with van der Waals surface area (Å²) in [5.74, 6) is -0.252. The minimum absolute atomic E-state index is 0.252. The summed E-state index contributed by atoms with van der Waals surface area (Å²) in [7, 11) is 1.43. The van der Waals surface area contributed by atoms with Crippen molar-refractivity contribution in [2.24, 2.45) is 0 Å². The van der Waals surface area contributed by atoms with Gasteiger partial charge in [0.05, 0.1) is 12.7 Å². The maximum Gasteiger partial charge on any atom is 0.337 e. The molecule has 0 N–H and O–H groups in total. The summed E-state index contributed by atoms with van der Waals surface area (Å²) in [6, 6.07) is 9.52. The van der Waals surface area contributed by atoms with Crippen molar-refractivity contribution in [3.63, 3.8) is 0 Å². The molecule has 0 amide bonds. The van der Waals surface area contributed by atoms with Crippen LogP contribution in [0.1, 0.15) is 80.1 Å². The Balaban J connectivity index is 1.71. The number of ether oxygens (including phenoxy) is 1. The van der Waals surface area contributed by atoms with Gasteiger partial charge in [0, 0.05) is 18.6 Å². The van der Waals surface area contributed by atoms with Crippen molar-refractivity contribution in [1.82, 2.24) is 4.90 Å². The van der Waals surface area contributed by atoms with E-state index in [1.807, 2.05) is 12.1 Å². The van der Waals surface area contributed by atoms with E-state index in [1.54, 1.807) is 0 Å². The second-order valence-corrected chi connectivity index (χ2v) is 7.44. The second-order valence-electron chi connectivity index (χ2n) is 7.44. The molecule has 2 fully saturated rings. The molecule has 1 aromatic rings. The normalized spacial score (nSPS) is 20.2. The first-order valence-electron chi connectivity index (χ1n) is 9.71. The Morgan fingerprint density at radius 2 is 1.42 bits per heavy atom. The minimum atomic E-state index is -0.252. The van der Waals surface area contributed by atoms with Crippen LogP contribution in [0.15, 0.2) is 24.3 Å². The number of benzene rings is 1. The molecular weight excluding hydrogens is 298 g/mol. The Bertz CT molecular complexity index is 495. The van der Waals surface area contributed by atoms with Crippen molar-refractivity contribution in [2.45, 2.75) is 82.8 Å². The number of hydrogen-bond acceptors (Lipinski definition) is 3. The second kappa shape index (κ2) is 8.66. The van der Waals surface area contributed by atoms with Gasteiger partial charge < -0.3 is 4.74 Å². The number of methoxy groups -OCH3 is 1. The molecule has 0 aliphatic heterocycles. The molecule has 3 nitrogen and oxygen atoms in total. The SMILES string of the molecule is COC(=O)c1ccc(CN(C2CCCCC2)C2CCCCC2)cc1. The van der Waals surface area contributed by atoms with Gasteiger partial charge in [-0.2, -0.15) is 0 Å². The third-order valence-electron chi connectivity index (χ3n) is 5.83. The molecule has 0 saturated heterocycles. The first kappa shape index (κ1) is 17.5. The van der Waals surface area contributed by atoms with Crippen molar-refractivity contribution >= 4 is 5.97 Å². The van der Waals surface area contributed by atoms with E-state index in [9.17, 15) is 4.79 Å². The van der Waals surface area contributed by atoms with Crippen LogP contribution in [0.4, 0.5) is 0 Å². The van der Waals surface area contributed by atoms with Gasteiger partial charge in [0.25, 0.3) is 0 Å². The largest absolute Gasteiger partial charge is 0.465 e. The summed E-state index contributed by atoms with van der Waals surface area (Å²) >= 11 is 0. The highest BCUT2D eigenvalue weighted by Crippen LogP contribution is 2.31. The molecule has 0 heterocycles. The Hall–Kier alpha value is -1.35. The van der Waals surface area contributed by atoms with Gasteiger partial charge in [0.2, 0.25) is 0 Å². The first-order valence-corrected chi connectivity index (χ1v) is 9.71. The van der Waals surface area contributed by atoms with Crippen LogP contribution >= 0.6 is 0 Å². The maximum atomic E-state index is 11.6. The van der Waals surface area contributed by atoms with Gasteiger partial charge in [0.15, 0.2) is 0 Å². The standard InChI is InChI=1S/C21H31NO2/c1-24-21(23)18-14-12-17(13-15-18)16-22(19-8-4-2-5-9-19)20-10-6-3-7-11-20/h12-15,19-20H,2-11,16H2,1H3. The van der Waals surface area contributed by atoms with Crippen LogP contribution in [0, 0.1) is 0 Å². The summed E-state index contributed by atoms with van der Waals surface area (Å²) in [6.45, 7) is 1.02. The number of nitrogens with zero attached hydrogens (tertiary/aromatic N) is 1. The van der Waals surface area contributed by atoms with Crippen LogP contribution in [0.25, 0.3) is 0 Å². The fourth-order valence-electron chi connectivity index (χ4n) is 4.46. The van der Waals surface area contributed by atoms with Gasteiger partial charge in [-0.1, -0.05) is 50.7 Å². The Morgan fingerprint density at radius 3 is 1.88 bits per heavy atom. The Morgan fingerprint density at radius 1 is 0.917 bits per heavy atom. The molecule has 2 aliphatic carbocycles. The van der Waals surface area contributed by atoms with E-state index in [0.29, 0.717) is 5.56 Å². The van der Waals surface area contributed by atoms with Crippen molar-refractivity contribution in [3.05, 3.63) is 35.4 Å². The van der Waals surface area contributed by atoms with Gasteiger partial charge in [-0.15, -0.1) is 0 Å². The quantitative estimate of drug-likeness (QED) is 0.717. The van der Waals surface area contributed by atoms with Gasteiger partial charge >= 0.3 is 5.97 Å². The molecule has 2 saturated carbocycles. The zero-order chi connectivity index (χ0) is 16.8. The van der Waals surface area contributed by atoms with Crippen molar-refractivity contribution < 1.29 is 9.53 Å². The van der Waals surface area contributed by atoms with Crippen LogP contribution in [0.3, 0.4) is 0 Å². The van der Waals surface area contributed by atoms with E-state index >= 15 is 0 Å². The molecule has 1 aromatic carbocycles. The van der Waals surface area contributed by atoms with Crippen molar-refractivity contribution in [1.29, 1.82) is 0 Å². The molecule has 0 radical (unpaired) electrons. The summed E-state index contributed by atoms with van der Waals surface area (Å²) in [5.41, 5.74) is 1.96. The molecule has 24 heavy (non-hydrogen) atoms. The highest BCUT2D eigenvalue weighted by Gasteiger charge is 2.28. The van der Waals surface area contributed by atoms with Crippen molar-refractivity contribution in [2.75, 3.05) is 7.11 Å². The topological polar surface area (TPSA) is 29.5 Å². The highest BCUT2D eigenvalue weighted by atomic mass is 16.5. The highest BCUT2D eigenvalue weighted by molar-refractivity contribution is 5.89. The molecular formula is C21H31NO2. The Labute approximate surface area is 146 Å². The number of rotatable bonds is 5. The number of carbonyl (C=O) groups is 1. The predicted molar refractivity (Wildman–Crippen MR) is 97.1 cm³/mol. The van der Waals surface area contributed by atoms with Crippen molar-refractivity contribution in [3.8, 4) is 0 Å². The fourth-order valence-corrected chi connectivity index (χ4v) is 4.46. The molecule has 3 rings (SSSR count). The molecule has 132 valence electrons. The van der Waals surface area contributed by atoms with Gasteiger partial charge in [0.1, 0.15) is 0 Å². The number of carbonyl (C=O) groups excluding carboxylic acids is 1. The molecule has 2 aliphatic rings. The lowest BCUT2D eigenvalue weighted by molar-refractivity contribution is 0.0600. The average molecular weight is 329 g/mol. The van der Waals surface area contributed by atoms with E-state index < -0.39 is 0 Å². The maximum absolute atomic E-state index is 11.6. The van der Waals surface area contributed by atoms with Gasteiger partial charge in [-0.25, -0.2) is 4.79 Å². The Kier molecular flexibility index (Phi) is 6.30. The van der Waals surface area contributed by atoms with Crippen LogP contribution in [-0.2, 0) is 11.3 Å². The van der Waals surface area contributed by atoms with Crippen LogP contribution in [0.5, 0.6) is 0 Å². The van der Waals surface area contributed by atoms with Crippen LogP contribution in [0.2, 0.25) is 0 Å². The zero-order valence-corrected chi connectivity index (χ0v) is 15.0. The molecule has 0 atom stereocenters. The van der Waals surface area contributed by atoms with E-state index in [2.05, 4.69) is 17.0 Å². The lowest BCUT2D eigenvalue weighted by Gasteiger charge is -2.41. The molecule has 3 heteroatoms. The monoisotopic (exact) mass is 329 g/mol. The fraction of sp³-hybridized carbons (Fsp3) is 0.667.